The zero-order valence-electron chi connectivity index (χ0n) is 20.4. The first kappa shape index (κ1) is 27.2. The van der Waals surface area contributed by atoms with Crippen LogP contribution in [0.1, 0.15) is 26.3 Å². The maximum Gasteiger partial charge on any atom is 0.410 e. The Labute approximate surface area is 208 Å². The normalized spacial score (nSPS) is 17.7. The third kappa shape index (κ3) is 7.54. The predicted octanol–water partition coefficient (Wildman–Crippen LogP) is 3.63. The van der Waals surface area contributed by atoms with Gasteiger partial charge < -0.3 is 24.6 Å². The first-order valence-electron chi connectivity index (χ1n) is 11.4. The lowest BCUT2D eigenvalue weighted by atomic mass is 10.1. The summed E-state index contributed by atoms with van der Waals surface area (Å²) in [5.41, 5.74) is -0.345. The monoisotopic (exact) mass is 520 g/mol. The fourth-order valence-electron chi connectivity index (χ4n) is 4.04. The number of benzene rings is 1. The Morgan fingerprint density at radius 2 is 1.71 bits per heavy atom. The molecule has 35 heavy (non-hydrogen) atoms. The number of piperazine rings is 1. The van der Waals surface area contributed by atoms with E-state index in [4.69, 9.17) is 21.1 Å². The molecule has 0 bridgehead atoms. The van der Waals surface area contributed by atoms with Crippen molar-refractivity contribution in [2.45, 2.75) is 45.0 Å². The first-order valence-corrected chi connectivity index (χ1v) is 11.8. The molecule has 3 rings (SSSR count). The summed E-state index contributed by atoms with van der Waals surface area (Å²) < 4.78 is 49.1. The van der Waals surface area contributed by atoms with Crippen LogP contribution in [0.4, 0.5) is 23.7 Å². The van der Waals surface area contributed by atoms with Crippen LogP contribution in [0.2, 0.25) is 5.02 Å². The standard InChI is InChI=1S/C23H32ClF3N4O4/c1-22(2,3)35-21(33)31-13-16(14-31)29-5-7-30(8-6-29)20(32)12-28-18-9-15(11-23(25,26)27)17(24)10-19(18)34-4/h9-10,16,28H,5-8,11-14H2,1-4H3. The molecule has 2 heterocycles. The maximum absolute atomic E-state index is 12.8. The molecule has 0 spiro atoms. The fourth-order valence-corrected chi connectivity index (χ4v) is 4.26. The number of amides is 2. The molecule has 0 unspecified atom stereocenters. The highest BCUT2D eigenvalue weighted by molar-refractivity contribution is 6.31. The fraction of sp³-hybridized carbons (Fsp3) is 0.652. The number of nitrogens with zero attached hydrogens (tertiary/aromatic N) is 3. The molecule has 2 fully saturated rings. The predicted molar refractivity (Wildman–Crippen MR) is 126 cm³/mol. The van der Waals surface area contributed by atoms with Gasteiger partial charge in [0.25, 0.3) is 0 Å². The van der Waals surface area contributed by atoms with E-state index in [1.807, 2.05) is 20.8 Å². The van der Waals surface area contributed by atoms with Crippen molar-refractivity contribution < 1.29 is 32.2 Å². The molecule has 0 aliphatic carbocycles. The molecule has 1 aromatic carbocycles. The van der Waals surface area contributed by atoms with Gasteiger partial charge in [0.2, 0.25) is 5.91 Å². The number of hydrogen-bond acceptors (Lipinski definition) is 6. The zero-order valence-corrected chi connectivity index (χ0v) is 21.1. The van der Waals surface area contributed by atoms with Crippen LogP contribution in [0, 0.1) is 0 Å². The number of likely N-dealkylation sites (tertiary alicyclic amines) is 1. The molecule has 2 saturated heterocycles. The van der Waals surface area contributed by atoms with Gasteiger partial charge in [-0.15, -0.1) is 0 Å². The smallest absolute Gasteiger partial charge is 0.410 e. The molecule has 0 saturated carbocycles. The molecular weight excluding hydrogens is 489 g/mol. The van der Waals surface area contributed by atoms with Crippen molar-refractivity contribution in [2.75, 3.05) is 58.2 Å². The van der Waals surface area contributed by atoms with Crippen molar-refractivity contribution in [1.82, 2.24) is 14.7 Å². The Kier molecular flexibility index (Phi) is 8.31. The van der Waals surface area contributed by atoms with E-state index in [0.717, 1.165) is 0 Å². The number of rotatable bonds is 6. The third-order valence-corrected chi connectivity index (χ3v) is 6.24. The Morgan fingerprint density at radius 3 is 2.26 bits per heavy atom. The molecule has 2 amide bonds. The summed E-state index contributed by atoms with van der Waals surface area (Å²) in [6.07, 6.45) is -5.90. The number of hydrogen-bond donors (Lipinski definition) is 1. The van der Waals surface area contributed by atoms with Crippen LogP contribution in [0.3, 0.4) is 0 Å². The van der Waals surface area contributed by atoms with Gasteiger partial charge in [-0.05, 0) is 32.4 Å². The average molecular weight is 521 g/mol. The van der Waals surface area contributed by atoms with Gasteiger partial charge in [-0.2, -0.15) is 13.2 Å². The van der Waals surface area contributed by atoms with Crippen molar-refractivity contribution in [3.8, 4) is 5.75 Å². The Morgan fingerprint density at radius 1 is 1.09 bits per heavy atom. The number of nitrogens with one attached hydrogen (secondary N) is 1. The summed E-state index contributed by atoms with van der Waals surface area (Å²) in [6, 6.07) is 2.82. The molecule has 0 radical (unpaired) electrons. The van der Waals surface area contributed by atoms with E-state index in [-0.39, 0.29) is 46.6 Å². The van der Waals surface area contributed by atoms with Crippen molar-refractivity contribution in [2.24, 2.45) is 0 Å². The van der Waals surface area contributed by atoms with E-state index >= 15 is 0 Å². The minimum atomic E-state index is -4.41. The Hall–Kier alpha value is -2.40. The van der Waals surface area contributed by atoms with Crippen LogP contribution >= 0.6 is 11.6 Å². The van der Waals surface area contributed by atoms with Crippen LogP contribution in [0.5, 0.6) is 5.75 Å². The topological polar surface area (TPSA) is 74.4 Å². The second-order valence-electron chi connectivity index (χ2n) is 9.75. The molecule has 196 valence electrons. The van der Waals surface area contributed by atoms with Crippen LogP contribution in [-0.4, -0.2) is 97.4 Å². The summed E-state index contributed by atoms with van der Waals surface area (Å²) >= 11 is 5.96. The highest BCUT2D eigenvalue weighted by atomic mass is 35.5. The van der Waals surface area contributed by atoms with Gasteiger partial charge in [0, 0.05) is 56.4 Å². The highest BCUT2D eigenvalue weighted by Gasteiger charge is 2.38. The second-order valence-corrected chi connectivity index (χ2v) is 10.2. The SMILES string of the molecule is COc1cc(Cl)c(CC(F)(F)F)cc1NCC(=O)N1CCN(C2CN(C(=O)OC(C)(C)C)C2)CC1. The summed E-state index contributed by atoms with van der Waals surface area (Å²) in [6.45, 7) is 9.02. The molecule has 1 N–H and O–H groups in total. The summed E-state index contributed by atoms with van der Waals surface area (Å²) in [4.78, 5) is 30.5. The van der Waals surface area contributed by atoms with E-state index in [9.17, 15) is 22.8 Å². The number of carbonyl (C=O) groups excluding carboxylic acids is 2. The average Bonchev–Trinajstić information content (AvgIpc) is 2.70. The van der Waals surface area contributed by atoms with Crippen molar-refractivity contribution >= 4 is 29.3 Å². The van der Waals surface area contributed by atoms with Crippen molar-refractivity contribution in [3.63, 3.8) is 0 Å². The maximum atomic E-state index is 12.8. The zero-order chi connectivity index (χ0) is 26.0. The Bertz CT molecular complexity index is 925. The quantitative estimate of drug-likeness (QED) is 0.617. The number of carbonyl (C=O) groups is 2. The van der Waals surface area contributed by atoms with Gasteiger partial charge in [0.05, 0.1) is 25.8 Å². The minimum Gasteiger partial charge on any atom is -0.495 e. The lowest BCUT2D eigenvalue weighted by Crippen LogP contribution is -2.65. The highest BCUT2D eigenvalue weighted by Crippen LogP contribution is 2.34. The minimum absolute atomic E-state index is 0.0478. The van der Waals surface area contributed by atoms with Gasteiger partial charge in [0.1, 0.15) is 11.4 Å². The van der Waals surface area contributed by atoms with E-state index in [2.05, 4.69) is 10.2 Å². The van der Waals surface area contributed by atoms with Crippen molar-refractivity contribution in [1.29, 1.82) is 0 Å². The third-order valence-electron chi connectivity index (χ3n) is 5.89. The largest absolute Gasteiger partial charge is 0.495 e. The van der Waals surface area contributed by atoms with Crippen LogP contribution in [0.25, 0.3) is 0 Å². The molecule has 0 atom stereocenters. The number of methoxy groups -OCH3 is 1. The van der Waals surface area contributed by atoms with E-state index in [1.54, 1.807) is 9.80 Å². The van der Waals surface area contributed by atoms with Gasteiger partial charge in [0.15, 0.2) is 0 Å². The first-order chi connectivity index (χ1) is 16.3. The summed E-state index contributed by atoms with van der Waals surface area (Å²) in [5, 5.41) is 2.85. The Balaban J connectivity index is 1.47. The van der Waals surface area contributed by atoms with Crippen molar-refractivity contribution in [3.05, 3.63) is 22.7 Å². The second kappa shape index (κ2) is 10.7. The summed E-state index contributed by atoms with van der Waals surface area (Å²) in [5.74, 6) is 0.0982. The van der Waals surface area contributed by atoms with Crippen LogP contribution < -0.4 is 10.1 Å². The van der Waals surface area contributed by atoms with Crippen LogP contribution in [0.15, 0.2) is 12.1 Å². The molecular formula is C23H32ClF3N4O4. The molecule has 2 aliphatic rings. The van der Waals surface area contributed by atoms with Gasteiger partial charge >= 0.3 is 12.3 Å². The van der Waals surface area contributed by atoms with Gasteiger partial charge in [-0.25, -0.2) is 4.79 Å². The molecule has 12 heteroatoms. The number of ether oxygens (including phenoxy) is 2. The lowest BCUT2D eigenvalue weighted by molar-refractivity contribution is -0.132. The van der Waals surface area contributed by atoms with E-state index in [0.29, 0.717) is 39.3 Å². The van der Waals surface area contributed by atoms with Gasteiger partial charge in [-0.1, -0.05) is 11.6 Å². The lowest BCUT2D eigenvalue weighted by Gasteiger charge is -2.48. The number of halogens is 4. The number of alkyl halides is 3. The summed E-state index contributed by atoms with van der Waals surface area (Å²) in [7, 11) is 1.38. The molecule has 1 aromatic rings. The van der Waals surface area contributed by atoms with Crippen LogP contribution in [-0.2, 0) is 16.0 Å². The molecule has 2 aliphatic heterocycles. The molecule has 0 aromatic heterocycles. The van der Waals surface area contributed by atoms with E-state index < -0.39 is 18.2 Å². The van der Waals surface area contributed by atoms with Gasteiger partial charge in [-0.3, -0.25) is 9.69 Å². The number of anilines is 1. The molecule has 8 nitrogen and oxygen atoms in total. The van der Waals surface area contributed by atoms with E-state index in [1.165, 1.54) is 19.2 Å².